The molecule has 0 bridgehead atoms. The minimum Gasteiger partial charge on any atom is -0.460 e. The fourth-order valence-corrected chi connectivity index (χ4v) is 3.58. The van der Waals surface area contributed by atoms with Gasteiger partial charge in [-0.25, -0.2) is 0 Å². The molecule has 6 heteroatoms. The summed E-state index contributed by atoms with van der Waals surface area (Å²) in [5, 5.41) is 3.80. The maximum Gasteiger partial charge on any atom is 0.248 e. The number of furan rings is 1. The second-order valence-electron chi connectivity index (χ2n) is 7.18. The molecule has 0 saturated carbocycles. The molecular formula is C24H22N2O4. The summed E-state index contributed by atoms with van der Waals surface area (Å²) in [6, 6.07) is 14.9. The van der Waals surface area contributed by atoms with Gasteiger partial charge in [0.05, 0.1) is 6.54 Å². The summed E-state index contributed by atoms with van der Waals surface area (Å²) in [7, 11) is 0. The number of likely N-dealkylation sites (tertiary alicyclic amines) is 1. The molecule has 2 heterocycles. The summed E-state index contributed by atoms with van der Waals surface area (Å²) >= 11 is 0. The largest absolute Gasteiger partial charge is 0.460 e. The maximum atomic E-state index is 12.4. The Bertz CT molecular complexity index is 1130. The van der Waals surface area contributed by atoms with Gasteiger partial charge in [0.25, 0.3) is 0 Å². The number of benzene rings is 2. The molecule has 1 aliphatic rings. The van der Waals surface area contributed by atoms with Gasteiger partial charge in [-0.15, -0.1) is 0 Å². The zero-order chi connectivity index (χ0) is 21.1. The van der Waals surface area contributed by atoms with Crippen LogP contribution in [-0.2, 0) is 27.3 Å². The number of nitrogens with zero attached hydrogens (tertiary/aromatic N) is 1. The summed E-state index contributed by atoms with van der Waals surface area (Å²) in [4.78, 5) is 37.1. The van der Waals surface area contributed by atoms with E-state index < -0.39 is 0 Å². The van der Waals surface area contributed by atoms with Crippen molar-refractivity contribution in [2.75, 3.05) is 5.32 Å². The van der Waals surface area contributed by atoms with Crippen LogP contribution in [0.3, 0.4) is 0 Å². The van der Waals surface area contributed by atoms with Crippen LogP contribution < -0.4 is 5.32 Å². The molecule has 152 valence electrons. The minimum atomic E-state index is -0.250. The summed E-state index contributed by atoms with van der Waals surface area (Å²) in [6.07, 6.45) is 4.57. The van der Waals surface area contributed by atoms with E-state index in [9.17, 15) is 14.4 Å². The van der Waals surface area contributed by atoms with E-state index in [1.54, 1.807) is 30.3 Å². The molecule has 0 atom stereocenters. The first-order valence-electron chi connectivity index (χ1n) is 9.96. The Labute approximate surface area is 174 Å². The van der Waals surface area contributed by atoms with Crippen molar-refractivity contribution in [1.82, 2.24) is 4.90 Å². The first kappa shape index (κ1) is 19.6. The minimum absolute atomic E-state index is 0.138. The molecule has 3 amide bonds. The van der Waals surface area contributed by atoms with Gasteiger partial charge in [0.15, 0.2) is 0 Å². The van der Waals surface area contributed by atoms with Gasteiger partial charge in [-0.1, -0.05) is 37.3 Å². The molecule has 1 saturated heterocycles. The van der Waals surface area contributed by atoms with Crippen molar-refractivity contribution in [3.05, 3.63) is 71.5 Å². The predicted molar refractivity (Wildman–Crippen MR) is 114 cm³/mol. The zero-order valence-electron chi connectivity index (χ0n) is 16.7. The Balaban J connectivity index is 1.42. The number of hydrogen-bond donors (Lipinski definition) is 1. The van der Waals surface area contributed by atoms with Crippen LogP contribution in [-0.4, -0.2) is 22.6 Å². The summed E-state index contributed by atoms with van der Waals surface area (Å²) in [6.45, 7) is 2.28. The van der Waals surface area contributed by atoms with Crippen LogP contribution in [0.15, 0.2) is 59.0 Å². The Kier molecular flexibility index (Phi) is 5.48. The number of carbonyl (C=O) groups is 3. The SMILES string of the molecule is CCc1oc2ccccc2c1/C=C/C(=O)Nc1ccc(CN2C(=O)CCC2=O)cc1. The molecule has 0 spiro atoms. The number of nitrogens with one attached hydrogen (secondary N) is 1. The lowest BCUT2D eigenvalue weighted by atomic mass is 10.1. The first-order chi connectivity index (χ1) is 14.5. The van der Waals surface area contributed by atoms with Crippen molar-refractivity contribution in [2.45, 2.75) is 32.7 Å². The summed E-state index contributed by atoms with van der Waals surface area (Å²) in [5.41, 5.74) is 3.20. The molecule has 30 heavy (non-hydrogen) atoms. The van der Waals surface area contributed by atoms with Crippen LogP contribution in [0.4, 0.5) is 5.69 Å². The number of para-hydroxylation sites is 1. The van der Waals surface area contributed by atoms with Gasteiger partial charge >= 0.3 is 0 Å². The topological polar surface area (TPSA) is 79.6 Å². The van der Waals surface area contributed by atoms with Gasteiger partial charge in [0.1, 0.15) is 11.3 Å². The van der Waals surface area contributed by atoms with Gasteiger partial charge in [0, 0.05) is 42.0 Å². The smallest absolute Gasteiger partial charge is 0.248 e. The average molecular weight is 402 g/mol. The molecule has 4 rings (SSSR count). The molecule has 0 unspecified atom stereocenters. The number of amides is 3. The number of rotatable bonds is 6. The van der Waals surface area contributed by atoms with Crippen molar-refractivity contribution >= 4 is 40.5 Å². The van der Waals surface area contributed by atoms with Crippen LogP contribution in [0.1, 0.15) is 36.7 Å². The van der Waals surface area contributed by atoms with Crippen molar-refractivity contribution in [2.24, 2.45) is 0 Å². The van der Waals surface area contributed by atoms with Crippen molar-refractivity contribution in [1.29, 1.82) is 0 Å². The summed E-state index contributed by atoms with van der Waals surface area (Å²) in [5.74, 6) is 0.317. The average Bonchev–Trinajstić information content (AvgIpc) is 3.28. The number of anilines is 1. The fraction of sp³-hybridized carbons (Fsp3) is 0.208. The number of aryl methyl sites for hydroxylation is 1. The molecule has 3 aromatic rings. The summed E-state index contributed by atoms with van der Waals surface area (Å²) < 4.78 is 5.85. The van der Waals surface area contributed by atoms with Gasteiger partial charge in [-0.2, -0.15) is 0 Å². The predicted octanol–water partition coefficient (Wildman–Crippen LogP) is 4.30. The van der Waals surface area contributed by atoms with E-state index in [0.29, 0.717) is 5.69 Å². The number of fused-ring (bicyclic) bond motifs is 1. The highest BCUT2D eigenvalue weighted by molar-refractivity contribution is 6.03. The van der Waals surface area contributed by atoms with E-state index in [1.807, 2.05) is 31.2 Å². The van der Waals surface area contributed by atoms with Crippen molar-refractivity contribution in [3.8, 4) is 0 Å². The normalized spacial score (nSPS) is 14.2. The van der Waals surface area contributed by atoms with Gasteiger partial charge in [0.2, 0.25) is 17.7 Å². The second-order valence-corrected chi connectivity index (χ2v) is 7.18. The molecular weight excluding hydrogens is 380 g/mol. The second kappa shape index (κ2) is 8.37. The monoisotopic (exact) mass is 402 g/mol. The molecule has 1 aromatic heterocycles. The van der Waals surface area contributed by atoms with E-state index in [4.69, 9.17) is 4.42 Å². The molecule has 0 aliphatic carbocycles. The third-order valence-electron chi connectivity index (χ3n) is 5.15. The highest BCUT2D eigenvalue weighted by Gasteiger charge is 2.28. The molecule has 1 N–H and O–H groups in total. The fourth-order valence-electron chi connectivity index (χ4n) is 3.58. The standard InChI is InChI=1S/C24H22N2O4/c1-2-20-19(18-5-3-4-6-21(18)30-20)11-12-22(27)25-17-9-7-16(8-10-17)15-26-23(28)13-14-24(26)29/h3-12H,2,13-15H2,1H3,(H,25,27)/b12-11+. The number of imide groups is 1. The zero-order valence-corrected chi connectivity index (χ0v) is 16.7. The van der Waals surface area contributed by atoms with Gasteiger partial charge < -0.3 is 9.73 Å². The molecule has 1 aliphatic heterocycles. The Morgan fingerprint density at radius 3 is 2.47 bits per heavy atom. The quantitative estimate of drug-likeness (QED) is 0.493. The molecule has 2 aromatic carbocycles. The molecule has 0 radical (unpaired) electrons. The Morgan fingerprint density at radius 1 is 1.07 bits per heavy atom. The van der Waals surface area contributed by atoms with Crippen LogP contribution >= 0.6 is 0 Å². The highest BCUT2D eigenvalue weighted by atomic mass is 16.3. The van der Waals surface area contributed by atoms with Crippen LogP contribution in [0.2, 0.25) is 0 Å². The van der Waals surface area contributed by atoms with E-state index >= 15 is 0 Å². The lowest BCUT2D eigenvalue weighted by Crippen LogP contribution is -2.28. The van der Waals surface area contributed by atoms with Crippen molar-refractivity contribution in [3.63, 3.8) is 0 Å². The Hall–Kier alpha value is -3.67. The Morgan fingerprint density at radius 2 is 1.77 bits per heavy atom. The third kappa shape index (κ3) is 4.03. The maximum absolute atomic E-state index is 12.4. The highest BCUT2D eigenvalue weighted by Crippen LogP contribution is 2.27. The van der Waals surface area contributed by atoms with E-state index in [-0.39, 0.29) is 37.1 Å². The first-order valence-corrected chi connectivity index (χ1v) is 9.96. The number of hydrogen-bond acceptors (Lipinski definition) is 4. The van der Waals surface area contributed by atoms with Crippen molar-refractivity contribution < 1.29 is 18.8 Å². The van der Waals surface area contributed by atoms with E-state index in [2.05, 4.69) is 5.32 Å². The van der Waals surface area contributed by atoms with Gasteiger partial charge in [-0.05, 0) is 29.8 Å². The lowest BCUT2D eigenvalue weighted by molar-refractivity contribution is -0.139. The van der Waals surface area contributed by atoms with Gasteiger partial charge in [-0.3, -0.25) is 19.3 Å². The van der Waals surface area contributed by atoms with E-state index in [0.717, 1.165) is 34.3 Å². The van der Waals surface area contributed by atoms with Crippen LogP contribution in [0.25, 0.3) is 17.0 Å². The number of carbonyl (C=O) groups excluding carboxylic acids is 3. The van der Waals surface area contributed by atoms with Crippen LogP contribution in [0, 0.1) is 0 Å². The third-order valence-corrected chi connectivity index (χ3v) is 5.15. The van der Waals surface area contributed by atoms with E-state index in [1.165, 1.54) is 11.0 Å². The van der Waals surface area contributed by atoms with Crippen LogP contribution in [0.5, 0.6) is 0 Å². The lowest BCUT2D eigenvalue weighted by Gasteiger charge is -2.14. The molecule has 1 fully saturated rings. The molecule has 6 nitrogen and oxygen atoms in total.